The van der Waals surface area contributed by atoms with E-state index in [0.29, 0.717) is 0 Å². The Labute approximate surface area is 89.3 Å². The van der Waals surface area contributed by atoms with E-state index in [1.54, 1.807) is 0 Å². The van der Waals surface area contributed by atoms with Crippen LogP contribution in [0.1, 0.15) is 25.7 Å². The van der Waals surface area contributed by atoms with Crippen molar-refractivity contribution < 1.29 is 23.1 Å². The highest BCUT2D eigenvalue weighted by Crippen LogP contribution is 2.21. The Hall–Kier alpha value is -0.620. The summed E-state index contributed by atoms with van der Waals surface area (Å²) in [6.45, 7) is -0.459. The highest BCUT2D eigenvalue weighted by molar-refractivity contribution is 7.92. The summed E-state index contributed by atoms with van der Waals surface area (Å²) in [5.74, 6) is -1.70. The van der Waals surface area contributed by atoms with E-state index in [9.17, 15) is 13.2 Å². The third kappa shape index (κ3) is 4.61. The van der Waals surface area contributed by atoms with Gasteiger partial charge in [-0.05, 0) is 25.7 Å². The number of hydrogen-bond acceptors (Lipinski definition) is 5. The second-order valence-corrected chi connectivity index (χ2v) is 5.90. The highest BCUT2D eigenvalue weighted by atomic mass is 32.2. The molecule has 0 aromatic rings. The third-order valence-electron chi connectivity index (χ3n) is 2.34. The van der Waals surface area contributed by atoms with Crippen molar-refractivity contribution in [2.45, 2.75) is 31.8 Å². The highest BCUT2D eigenvalue weighted by Gasteiger charge is 2.23. The number of sulfone groups is 1. The number of carbonyl (C=O) groups is 1. The summed E-state index contributed by atoms with van der Waals surface area (Å²) < 4.78 is 27.3. The Bertz CT molecular complexity index is 302. The third-order valence-corrected chi connectivity index (χ3v) is 3.82. The molecule has 0 heterocycles. The maximum atomic E-state index is 11.2. The summed E-state index contributed by atoms with van der Waals surface area (Å²) in [6.07, 6.45) is 3.60. The second kappa shape index (κ2) is 5.46. The molecular weight excluding hydrogens is 220 g/mol. The molecule has 0 atom stereocenters. The molecule has 0 amide bonds. The zero-order valence-corrected chi connectivity index (χ0v) is 9.33. The number of rotatable bonds is 5. The molecule has 0 aliphatic heterocycles. The lowest BCUT2D eigenvalue weighted by Crippen LogP contribution is -2.25. The van der Waals surface area contributed by atoms with Gasteiger partial charge in [-0.15, -0.1) is 0 Å². The van der Waals surface area contributed by atoms with Crippen molar-refractivity contribution in [1.29, 1.82) is 0 Å². The van der Waals surface area contributed by atoms with Crippen molar-refractivity contribution in [1.82, 2.24) is 0 Å². The van der Waals surface area contributed by atoms with E-state index in [-0.39, 0.29) is 11.9 Å². The molecular formula is C9H16O5S. The SMILES string of the molecule is O=C(CS(=O)(=O)CCO)OC1CCCC1. The van der Waals surface area contributed by atoms with Crippen molar-refractivity contribution in [2.24, 2.45) is 0 Å². The average molecular weight is 236 g/mol. The lowest BCUT2D eigenvalue weighted by Gasteiger charge is -2.10. The molecule has 0 bridgehead atoms. The first kappa shape index (κ1) is 12.4. The largest absolute Gasteiger partial charge is 0.462 e. The number of carbonyl (C=O) groups excluding carboxylic acids is 1. The molecule has 0 radical (unpaired) electrons. The summed E-state index contributed by atoms with van der Waals surface area (Å²) in [4.78, 5) is 11.2. The molecule has 15 heavy (non-hydrogen) atoms. The first-order chi connectivity index (χ1) is 7.03. The van der Waals surface area contributed by atoms with E-state index >= 15 is 0 Å². The Morgan fingerprint density at radius 1 is 1.33 bits per heavy atom. The van der Waals surface area contributed by atoms with Gasteiger partial charge in [0.15, 0.2) is 9.84 Å². The van der Waals surface area contributed by atoms with Crippen LogP contribution in [0.3, 0.4) is 0 Å². The number of ether oxygens (including phenoxy) is 1. The lowest BCUT2D eigenvalue weighted by molar-refractivity contribution is -0.145. The Balaban J connectivity index is 2.34. The maximum Gasteiger partial charge on any atom is 0.321 e. The van der Waals surface area contributed by atoms with Crippen molar-refractivity contribution >= 4 is 15.8 Å². The average Bonchev–Trinajstić information content (AvgIpc) is 2.54. The smallest absolute Gasteiger partial charge is 0.321 e. The monoisotopic (exact) mass is 236 g/mol. The van der Waals surface area contributed by atoms with Crippen LogP contribution in [0.2, 0.25) is 0 Å². The number of aliphatic hydroxyl groups excluding tert-OH is 1. The molecule has 6 heteroatoms. The standard InChI is InChI=1S/C9H16O5S/c10-5-6-15(12,13)7-9(11)14-8-3-1-2-4-8/h8,10H,1-7H2. The minimum absolute atomic E-state index is 0.109. The minimum Gasteiger partial charge on any atom is -0.462 e. The van der Waals surface area contributed by atoms with Crippen LogP contribution in [0.4, 0.5) is 0 Å². The van der Waals surface area contributed by atoms with Gasteiger partial charge in [-0.25, -0.2) is 8.42 Å². The Morgan fingerprint density at radius 3 is 2.47 bits per heavy atom. The van der Waals surface area contributed by atoms with E-state index in [0.717, 1.165) is 25.7 Å². The van der Waals surface area contributed by atoms with E-state index in [4.69, 9.17) is 9.84 Å². The van der Waals surface area contributed by atoms with Gasteiger partial charge < -0.3 is 9.84 Å². The van der Waals surface area contributed by atoms with Crippen LogP contribution in [0, 0.1) is 0 Å². The number of aliphatic hydroxyl groups is 1. The Morgan fingerprint density at radius 2 is 1.93 bits per heavy atom. The molecule has 1 fully saturated rings. The normalized spacial score (nSPS) is 17.9. The van der Waals surface area contributed by atoms with Crippen LogP contribution in [0.5, 0.6) is 0 Å². The molecule has 1 N–H and O–H groups in total. The maximum absolute atomic E-state index is 11.2. The van der Waals surface area contributed by atoms with Crippen LogP contribution in [0.15, 0.2) is 0 Å². The molecule has 0 aromatic carbocycles. The predicted octanol–water partition coefficient (Wildman–Crippen LogP) is -0.121. The van der Waals surface area contributed by atoms with Gasteiger partial charge in [0.2, 0.25) is 0 Å². The van der Waals surface area contributed by atoms with Crippen molar-refractivity contribution in [3.05, 3.63) is 0 Å². The van der Waals surface area contributed by atoms with Gasteiger partial charge in [0.1, 0.15) is 11.9 Å². The predicted molar refractivity (Wildman–Crippen MR) is 54.1 cm³/mol. The van der Waals surface area contributed by atoms with Crippen molar-refractivity contribution in [3.8, 4) is 0 Å². The zero-order valence-electron chi connectivity index (χ0n) is 8.52. The molecule has 0 saturated heterocycles. The molecule has 0 unspecified atom stereocenters. The fraction of sp³-hybridized carbons (Fsp3) is 0.889. The van der Waals surface area contributed by atoms with Gasteiger partial charge in [0.25, 0.3) is 0 Å². The fourth-order valence-electron chi connectivity index (χ4n) is 1.62. The van der Waals surface area contributed by atoms with Crippen LogP contribution in [0.25, 0.3) is 0 Å². The summed E-state index contributed by atoms with van der Waals surface area (Å²) in [6, 6.07) is 0. The topological polar surface area (TPSA) is 80.7 Å². The van der Waals surface area contributed by atoms with E-state index in [1.165, 1.54) is 0 Å². The van der Waals surface area contributed by atoms with Crippen LogP contribution in [-0.2, 0) is 19.4 Å². The van der Waals surface area contributed by atoms with Gasteiger partial charge in [0.05, 0.1) is 12.4 Å². The lowest BCUT2D eigenvalue weighted by atomic mass is 10.3. The van der Waals surface area contributed by atoms with Gasteiger partial charge in [-0.3, -0.25) is 4.79 Å². The molecule has 1 aliphatic rings. The summed E-state index contributed by atoms with van der Waals surface area (Å²) in [5.41, 5.74) is 0. The second-order valence-electron chi connectivity index (χ2n) is 3.71. The number of hydrogen-bond donors (Lipinski definition) is 1. The van der Waals surface area contributed by atoms with Crippen molar-refractivity contribution in [2.75, 3.05) is 18.1 Å². The van der Waals surface area contributed by atoms with Gasteiger partial charge >= 0.3 is 5.97 Å². The summed E-state index contributed by atoms with van der Waals surface area (Å²) >= 11 is 0. The van der Waals surface area contributed by atoms with Crippen molar-refractivity contribution in [3.63, 3.8) is 0 Å². The van der Waals surface area contributed by atoms with E-state index < -0.39 is 28.2 Å². The first-order valence-corrected chi connectivity index (χ1v) is 6.86. The minimum atomic E-state index is -3.50. The molecule has 1 aliphatic carbocycles. The summed E-state index contributed by atoms with van der Waals surface area (Å²) in [7, 11) is -3.50. The zero-order chi connectivity index (χ0) is 11.3. The first-order valence-electron chi connectivity index (χ1n) is 5.04. The van der Waals surface area contributed by atoms with Gasteiger partial charge in [-0.1, -0.05) is 0 Å². The Kier molecular flexibility index (Phi) is 4.53. The molecule has 1 rings (SSSR count). The summed E-state index contributed by atoms with van der Waals surface area (Å²) in [5, 5.41) is 8.47. The molecule has 5 nitrogen and oxygen atoms in total. The molecule has 1 saturated carbocycles. The molecule has 0 aromatic heterocycles. The number of esters is 1. The van der Waals surface area contributed by atoms with Gasteiger partial charge in [0, 0.05) is 0 Å². The van der Waals surface area contributed by atoms with E-state index in [1.807, 2.05) is 0 Å². The van der Waals surface area contributed by atoms with Crippen LogP contribution in [-0.4, -0.2) is 43.7 Å². The fourth-order valence-corrected chi connectivity index (χ4v) is 2.47. The molecule has 88 valence electrons. The van der Waals surface area contributed by atoms with E-state index in [2.05, 4.69) is 0 Å². The van der Waals surface area contributed by atoms with Crippen LogP contribution >= 0.6 is 0 Å². The molecule has 0 spiro atoms. The van der Waals surface area contributed by atoms with Gasteiger partial charge in [-0.2, -0.15) is 0 Å². The quantitative estimate of drug-likeness (QED) is 0.673. The van der Waals surface area contributed by atoms with Crippen LogP contribution < -0.4 is 0 Å².